The number of halogens is 2. The Bertz CT molecular complexity index is 823. The number of methoxy groups -OCH3 is 1. The highest BCUT2D eigenvalue weighted by Crippen LogP contribution is 2.40. The van der Waals surface area contributed by atoms with Gasteiger partial charge in [-0.3, -0.25) is 0 Å². The molecule has 2 aliphatic rings. The number of nitrogens with zero attached hydrogens (tertiary/aromatic N) is 1. The van der Waals surface area contributed by atoms with Gasteiger partial charge < -0.3 is 25.4 Å². The molecule has 204 valence electrons. The largest absolute Gasteiger partial charge is 0.385 e. The van der Waals surface area contributed by atoms with Crippen LogP contribution in [0.4, 0.5) is 9.18 Å². The lowest BCUT2D eigenvalue weighted by Crippen LogP contribution is -2.54. The summed E-state index contributed by atoms with van der Waals surface area (Å²) in [6.07, 6.45) is 8.27. The Balaban J connectivity index is 1.70. The first-order chi connectivity index (χ1) is 17.3. The van der Waals surface area contributed by atoms with Gasteiger partial charge in [0, 0.05) is 56.8 Å². The molecule has 0 radical (unpaired) electrons. The number of aliphatic hydroxyl groups is 1. The van der Waals surface area contributed by atoms with E-state index in [2.05, 4.69) is 10.6 Å². The van der Waals surface area contributed by atoms with Crippen LogP contribution < -0.4 is 10.6 Å². The number of likely N-dealkylation sites (tertiary alicyclic amines) is 1. The second kappa shape index (κ2) is 13.9. The van der Waals surface area contributed by atoms with E-state index in [1.807, 2.05) is 31.3 Å². The van der Waals surface area contributed by atoms with Gasteiger partial charge in [0.15, 0.2) is 0 Å². The Kier molecular flexibility index (Phi) is 11.3. The number of urea groups is 1. The molecule has 8 heteroatoms. The quantitative estimate of drug-likeness (QED) is 0.319. The third-order valence-electron chi connectivity index (χ3n) is 8.00. The van der Waals surface area contributed by atoms with E-state index in [0.29, 0.717) is 56.9 Å². The minimum Gasteiger partial charge on any atom is -0.385 e. The Labute approximate surface area is 221 Å². The van der Waals surface area contributed by atoms with E-state index < -0.39 is 11.3 Å². The molecular weight excluding hydrogens is 481 g/mol. The number of rotatable bonds is 12. The van der Waals surface area contributed by atoms with Crippen molar-refractivity contribution in [2.75, 3.05) is 40.4 Å². The molecule has 2 amide bonds. The summed E-state index contributed by atoms with van der Waals surface area (Å²) in [7, 11) is 3.51. The Morgan fingerprint density at radius 3 is 2.78 bits per heavy atom. The van der Waals surface area contributed by atoms with Gasteiger partial charge in [-0.05, 0) is 69.7 Å². The Hall–Kier alpha value is -1.41. The molecule has 1 saturated heterocycles. The van der Waals surface area contributed by atoms with Crippen molar-refractivity contribution in [2.24, 2.45) is 5.92 Å². The number of carbonyl (C=O) groups is 1. The fourth-order valence-electron chi connectivity index (χ4n) is 6.05. The van der Waals surface area contributed by atoms with Gasteiger partial charge in [-0.15, -0.1) is 0 Å². The lowest BCUT2D eigenvalue weighted by atomic mass is 9.74. The number of benzene rings is 1. The van der Waals surface area contributed by atoms with Crippen LogP contribution in [0.3, 0.4) is 0 Å². The van der Waals surface area contributed by atoms with Crippen LogP contribution in [0.25, 0.3) is 0 Å². The third-order valence-corrected chi connectivity index (χ3v) is 8.24. The zero-order valence-corrected chi connectivity index (χ0v) is 22.8. The van der Waals surface area contributed by atoms with Crippen molar-refractivity contribution in [2.45, 2.75) is 87.9 Å². The topological polar surface area (TPSA) is 73.8 Å². The maximum atomic E-state index is 15.4. The smallest absolute Gasteiger partial charge is 0.317 e. The van der Waals surface area contributed by atoms with Crippen molar-refractivity contribution in [3.05, 3.63) is 34.9 Å². The summed E-state index contributed by atoms with van der Waals surface area (Å²) in [6, 6.07) is 6.99. The summed E-state index contributed by atoms with van der Waals surface area (Å²) in [6.45, 7) is 2.26. The number of nitrogens with one attached hydrogen (secondary N) is 2. The molecule has 1 saturated carbocycles. The summed E-state index contributed by atoms with van der Waals surface area (Å²) in [5.41, 5.74) is -1.50. The molecule has 1 aliphatic heterocycles. The molecule has 0 aromatic heterocycles. The van der Waals surface area contributed by atoms with Gasteiger partial charge in [0.05, 0.1) is 5.60 Å². The number of alkyl halides is 1. The maximum absolute atomic E-state index is 15.4. The van der Waals surface area contributed by atoms with E-state index >= 15 is 4.39 Å². The highest BCUT2D eigenvalue weighted by Gasteiger charge is 2.42. The van der Waals surface area contributed by atoms with Gasteiger partial charge >= 0.3 is 6.03 Å². The number of carbonyl (C=O) groups excluding carboxylic acids is 1. The van der Waals surface area contributed by atoms with Crippen LogP contribution >= 0.6 is 11.6 Å². The fourth-order valence-corrected chi connectivity index (χ4v) is 6.24. The summed E-state index contributed by atoms with van der Waals surface area (Å²) in [5.74, 6) is -0.119. The Morgan fingerprint density at radius 1 is 1.31 bits per heavy atom. The molecule has 0 unspecified atom stereocenters. The van der Waals surface area contributed by atoms with Crippen molar-refractivity contribution in [1.82, 2.24) is 15.5 Å². The summed E-state index contributed by atoms with van der Waals surface area (Å²) >= 11 is 6.29. The first kappa shape index (κ1) is 29.2. The molecule has 1 aromatic rings. The monoisotopic (exact) mass is 525 g/mol. The summed E-state index contributed by atoms with van der Waals surface area (Å²) in [5, 5.41) is 18.8. The minimum absolute atomic E-state index is 0.119. The number of likely N-dealkylation sites (N-methyl/N-ethyl adjacent to an activating group) is 1. The molecule has 1 heterocycles. The van der Waals surface area contributed by atoms with Gasteiger partial charge in [0.1, 0.15) is 5.67 Å². The molecule has 0 bridgehead atoms. The van der Waals surface area contributed by atoms with E-state index in [4.69, 9.17) is 16.3 Å². The van der Waals surface area contributed by atoms with Gasteiger partial charge in [0.25, 0.3) is 0 Å². The van der Waals surface area contributed by atoms with Crippen LogP contribution in [-0.2, 0) is 10.3 Å². The summed E-state index contributed by atoms with van der Waals surface area (Å²) in [4.78, 5) is 15.1. The standard InChI is InChI=1S/C28H45ClFN3O3/c1-31-20-25(19-27(30)13-4-3-5-14-27)32-26(34)33-16-9-11-23(21-33)28(35,15-6-7-17-36-2)22-10-8-12-24(29)18-22/h8,10,12,18,23,25,31,35H,3-7,9,11,13-17,19-21H2,1-2H3,(H,32,34)/t23-,25-,28-/m1/s1. The number of unbranched alkanes of at least 4 members (excludes halogenated alkanes) is 1. The highest BCUT2D eigenvalue weighted by molar-refractivity contribution is 6.30. The molecule has 6 nitrogen and oxygen atoms in total. The van der Waals surface area contributed by atoms with Crippen LogP contribution in [0.15, 0.2) is 24.3 Å². The predicted molar refractivity (Wildman–Crippen MR) is 143 cm³/mol. The fraction of sp³-hybridized carbons (Fsp3) is 0.750. The van der Waals surface area contributed by atoms with Gasteiger partial charge in [-0.1, -0.05) is 43.0 Å². The average Bonchev–Trinajstić information content (AvgIpc) is 2.87. The number of amides is 2. The second-order valence-corrected chi connectivity index (χ2v) is 11.2. The molecule has 3 atom stereocenters. The first-order valence-corrected chi connectivity index (χ1v) is 14.0. The molecule has 2 fully saturated rings. The number of hydrogen-bond donors (Lipinski definition) is 3. The van der Waals surface area contributed by atoms with Gasteiger partial charge in [0.2, 0.25) is 0 Å². The third kappa shape index (κ3) is 8.04. The molecule has 1 aromatic carbocycles. The van der Waals surface area contributed by atoms with Crippen LogP contribution in [-0.4, -0.2) is 68.1 Å². The van der Waals surface area contributed by atoms with Crippen molar-refractivity contribution in [3.63, 3.8) is 0 Å². The van der Waals surface area contributed by atoms with Gasteiger partial charge in [-0.2, -0.15) is 0 Å². The predicted octanol–water partition coefficient (Wildman–Crippen LogP) is 5.42. The van der Waals surface area contributed by atoms with Crippen LogP contribution in [0.5, 0.6) is 0 Å². The van der Waals surface area contributed by atoms with E-state index in [0.717, 1.165) is 50.5 Å². The molecule has 3 N–H and O–H groups in total. The molecule has 1 aliphatic carbocycles. The van der Waals surface area contributed by atoms with Crippen LogP contribution in [0.1, 0.15) is 76.2 Å². The number of hydrogen-bond acceptors (Lipinski definition) is 4. The zero-order chi connectivity index (χ0) is 26.0. The van der Waals surface area contributed by atoms with Crippen molar-refractivity contribution >= 4 is 17.6 Å². The highest BCUT2D eigenvalue weighted by atomic mass is 35.5. The summed E-state index contributed by atoms with van der Waals surface area (Å²) < 4.78 is 20.6. The van der Waals surface area contributed by atoms with E-state index in [-0.39, 0.29) is 18.0 Å². The molecule has 3 rings (SSSR count). The van der Waals surface area contributed by atoms with E-state index in [1.54, 1.807) is 12.0 Å². The lowest BCUT2D eigenvalue weighted by Gasteiger charge is -2.43. The molecule has 36 heavy (non-hydrogen) atoms. The molecule has 0 spiro atoms. The Morgan fingerprint density at radius 2 is 2.08 bits per heavy atom. The SMILES string of the molecule is CNC[C@@H](CC1(F)CCCCC1)NC(=O)N1CCC[C@@H]([C@@](O)(CCCCOC)c2cccc(Cl)c2)C1. The van der Waals surface area contributed by atoms with E-state index in [1.165, 1.54) is 0 Å². The van der Waals surface area contributed by atoms with Crippen molar-refractivity contribution in [3.8, 4) is 0 Å². The second-order valence-electron chi connectivity index (χ2n) is 10.8. The average molecular weight is 526 g/mol. The maximum Gasteiger partial charge on any atom is 0.317 e. The van der Waals surface area contributed by atoms with Crippen molar-refractivity contribution < 1.29 is 19.0 Å². The minimum atomic E-state index is -1.20. The van der Waals surface area contributed by atoms with Gasteiger partial charge in [-0.25, -0.2) is 9.18 Å². The number of ether oxygens (including phenoxy) is 1. The first-order valence-electron chi connectivity index (χ1n) is 13.7. The lowest BCUT2D eigenvalue weighted by molar-refractivity contribution is -0.0564. The molecular formula is C28H45ClFN3O3. The zero-order valence-electron chi connectivity index (χ0n) is 22.0. The van der Waals surface area contributed by atoms with Crippen molar-refractivity contribution in [1.29, 1.82) is 0 Å². The number of piperidine rings is 1. The van der Waals surface area contributed by atoms with Crippen LogP contribution in [0, 0.1) is 5.92 Å². The van der Waals surface area contributed by atoms with Crippen LogP contribution in [0.2, 0.25) is 5.02 Å². The normalized spacial score (nSPS) is 22.6. The van der Waals surface area contributed by atoms with E-state index in [9.17, 15) is 9.90 Å².